The van der Waals surface area contributed by atoms with Gasteiger partial charge in [-0.3, -0.25) is 28.9 Å². The van der Waals surface area contributed by atoms with Crippen molar-refractivity contribution in [2.24, 2.45) is 0 Å². The van der Waals surface area contributed by atoms with Gasteiger partial charge in [0.1, 0.15) is 25.3 Å². The maximum atomic E-state index is 12.6. The third-order valence-corrected chi connectivity index (χ3v) is 6.14. The standard InChI is InChI=1S/C28H36N4O6/c1-21(33)31(37-19-23-11-5-3-6-12-23)17-9-15-25-27(35)30-26(28(36)29-25)16-10-18-32(22(2)34)38-20-24-13-7-4-8-14-24/h3-8,11-14,25-26H,9-10,15-20H2,1-2H3,(H,29,36)(H,30,35)/t25-,26-/m0/s1. The smallest absolute Gasteiger partial charge is 0.243 e. The van der Waals surface area contributed by atoms with Gasteiger partial charge in [0.05, 0.1) is 0 Å². The zero-order valence-corrected chi connectivity index (χ0v) is 21.9. The lowest BCUT2D eigenvalue weighted by molar-refractivity contribution is -0.190. The molecule has 1 aliphatic rings. The highest BCUT2D eigenvalue weighted by Crippen LogP contribution is 2.12. The van der Waals surface area contributed by atoms with Gasteiger partial charge in [-0.15, -0.1) is 0 Å². The highest BCUT2D eigenvalue weighted by atomic mass is 16.7. The molecular weight excluding hydrogens is 488 g/mol. The number of hydroxylamine groups is 4. The molecule has 0 spiro atoms. The molecule has 0 saturated carbocycles. The number of rotatable bonds is 14. The second-order valence-corrected chi connectivity index (χ2v) is 9.17. The van der Waals surface area contributed by atoms with Gasteiger partial charge in [-0.1, -0.05) is 60.7 Å². The number of hydrogen-bond donors (Lipinski definition) is 2. The quantitative estimate of drug-likeness (QED) is 0.367. The number of amides is 4. The summed E-state index contributed by atoms with van der Waals surface area (Å²) in [6.45, 7) is 3.97. The van der Waals surface area contributed by atoms with Crippen LogP contribution in [0, 0.1) is 0 Å². The van der Waals surface area contributed by atoms with Crippen LogP contribution < -0.4 is 10.6 Å². The van der Waals surface area contributed by atoms with Crippen molar-refractivity contribution in [1.82, 2.24) is 20.8 Å². The van der Waals surface area contributed by atoms with Crippen LogP contribution in [0.2, 0.25) is 0 Å². The molecule has 38 heavy (non-hydrogen) atoms. The SMILES string of the molecule is CC(=O)N(CCC[C@@H]1NC(=O)[C@H](CCCN(OCc2ccccc2)C(C)=O)NC1=O)OCc1ccccc1. The van der Waals surface area contributed by atoms with Gasteiger partial charge in [-0.2, -0.15) is 0 Å². The van der Waals surface area contributed by atoms with Gasteiger partial charge in [-0.05, 0) is 36.8 Å². The van der Waals surface area contributed by atoms with Crippen LogP contribution in [0.5, 0.6) is 0 Å². The molecule has 2 N–H and O–H groups in total. The largest absolute Gasteiger partial charge is 0.343 e. The first-order valence-electron chi connectivity index (χ1n) is 12.8. The van der Waals surface area contributed by atoms with Gasteiger partial charge < -0.3 is 10.6 Å². The van der Waals surface area contributed by atoms with Gasteiger partial charge in [0, 0.05) is 26.9 Å². The van der Waals surface area contributed by atoms with Crippen LogP contribution in [-0.2, 0) is 42.1 Å². The lowest BCUT2D eigenvalue weighted by Gasteiger charge is -2.30. The Bertz CT molecular complexity index is 980. The maximum absolute atomic E-state index is 12.6. The van der Waals surface area contributed by atoms with Crippen molar-refractivity contribution in [2.45, 2.75) is 64.8 Å². The molecule has 2 aromatic carbocycles. The van der Waals surface area contributed by atoms with Gasteiger partial charge in [0.2, 0.25) is 23.6 Å². The van der Waals surface area contributed by atoms with Gasteiger partial charge in [0.15, 0.2) is 0 Å². The molecule has 10 heteroatoms. The van der Waals surface area contributed by atoms with Gasteiger partial charge >= 0.3 is 0 Å². The second kappa shape index (κ2) is 14.8. The first-order chi connectivity index (χ1) is 18.3. The minimum atomic E-state index is -0.676. The van der Waals surface area contributed by atoms with Crippen LogP contribution in [0.3, 0.4) is 0 Å². The minimum absolute atomic E-state index is 0.231. The fourth-order valence-corrected chi connectivity index (χ4v) is 4.04. The van der Waals surface area contributed by atoms with E-state index in [1.165, 1.54) is 24.0 Å². The molecule has 3 rings (SSSR count). The van der Waals surface area contributed by atoms with E-state index in [9.17, 15) is 19.2 Å². The minimum Gasteiger partial charge on any atom is -0.343 e. The topological polar surface area (TPSA) is 117 Å². The Labute approximate surface area is 223 Å². The summed E-state index contributed by atoms with van der Waals surface area (Å²) in [7, 11) is 0. The van der Waals surface area contributed by atoms with Crippen LogP contribution in [0.1, 0.15) is 50.7 Å². The van der Waals surface area contributed by atoms with E-state index in [0.29, 0.717) is 38.8 Å². The third-order valence-electron chi connectivity index (χ3n) is 6.14. The summed E-state index contributed by atoms with van der Waals surface area (Å²) in [6, 6.07) is 17.7. The van der Waals surface area contributed by atoms with Crippen molar-refractivity contribution < 1.29 is 28.9 Å². The van der Waals surface area contributed by atoms with Crippen LogP contribution in [0.4, 0.5) is 0 Å². The Hall–Kier alpha value is -3.76. The van der Waals surface area contributed by atoms with E-state index >= 15 is 0 Å². The number of piperazine rings is 1. The predicted octanol–water partition coefficient (Wildman–Crippen LogP) is 2.49. The van der Waals surface area contributed by atoms with Crippen molar-refractivity contribution in [3.63, 3.8) is 0 Å². The van der Waals surface area contributed by atoms with Crippen LogP contribution >= 0.6 is 0 Å². The molecule has 2 atom stereocenters. The molecule has 1 aliphatic heterocycles. The Balaban J connectivity index is 1.38. The molecule has 1 saturated heterocycles. The summed E-state index contributed by atoms with van der Waals surface area (Å²) in [4.78, 5) is 60.3. The summed E-state index contributed by atoms with van der Waals surface area (Å²) in [5.41, 5.74) is 1.88. The van der Waals surface area contributed by atoms with E-state index < -0.39 is 12.1 Å². The van der Waals surface area contributed by atoms with E-state index in [1.54, 1.807) is 0 Å². The number of nitrogens with zero attached hydrogens (tertiary/aromatic N) is 2. The molecule has 1 heterocycles. The molecule has 0 bridgehead atoms. The summed E-state index contributed by atoms with van der Waals surface area (Å²) in [6.07, 6.45) is 1.69. The third kappa shape index (κ3) is 9.28. The van der Waals surface area contributed by atoms with Crippen molar-refractivity contribution >= 4 is 23.6 Å². The molecule has 0 unspecified atom stereocenters. The lowest BCUT2D eigenvalue weighted by Crippen LogP contribution is -2.61. The zero-order valence-electron chi connectivity index (χ0n) is 21.9. The highest BCUT2D eigenvalue weighted by molar-refractivity contribution is 5.96. The van der Waals surface area contributed by atoms with Crippen molar-refractivity contribution in [3.05, 3.63) is 71.8 Å². The molecule has 0 aliphatic carbocycles. The number of benzene rings is 2. The number of nitrogens with one attached hydrogen (secondary N) is 2. The summed E-state index contributed by atoms with van der Waals surface area (Å²) in [5.74, 6) is -0.994. The van der Waals surface area contributed by atoms with Gasteiger partial charge in [-0.25, -0.2) is 10.1 Å². The summed E-state index contributed by atoms with van der Waals surface area (Å²) < 4.78 is 0. The Morgan fingerprint density at radius 2 is 1.05 bits per heavy atom. The number of carbonyl (C=O) groups excluding carboxylic acids is 4. The highest BCUT2D eigenvalue weighted by Gasteiger charge is 2.33. The Morgan fingerprint density at radius 1 is 0.684 bits per heavy atom. The first-order valence-corrected chi connectivity index (χ1v) is 12.8. The van der Waals surface area contributed by atoms with Crippen LogP contribution in [0.15, 0.2) is 60.7 Å². The van der Waals surface area contributed by atoms with Gasteiger partial charge in [0.25, 0.3) is 0 Å². The molecule has 1 fully saturated rings. The molecule has 0 radical (unpaired) electrons. The molecule has 204 valence electrons. The lowest BCUT2D eigenvalue weighted by atomic mass is 10.0. The fraction of sp³-hybridized carbons (Fsp3) is 0.429. The second-order valence-electron chi connectivity index (χ2n) is 9.17. The summed E-state index contributed by atoms with van der Waals surface area (Å²) >= 11 is 0. The van der Waals surface area contributed by atoms with Crippen LogP contribution in [-0.4, -0.2) is 58.9 Å². The van der Waals surface area contributed by atoms with Crippen molar-refractivity contribution in [3.8, 4) is 0 Å². The van der Waals surface area contributed by atoms with Crippen LogP contribution in [0.25, 0.3) is 0 Å². The number of hydrogen-bond acceptors (Lipinski definition) is 6. The Kier molecular flexibility index (Phi) is 11.3. The first kappa shape index (κ1) is 28.8. The molecule has 4 amide bonds. The Morgan fingerprint density at radius 3 is 1.39 bits per heavy atom. The average Bonchev–Trinajstić information content (AvgIpc) is 2.91. The van der Waals surface area contributed by atoms with Crippen molar-refractivity contribution in [1.29, 1.82) is 0 Å². The van der Waals surface area contributed by atoms with E-state index in [-0.39, 0.29) is 36.8 Å². The van der Waals surface area contributed by atoms with E-state index in [4.69, 9.17) is 9.68 Å². The number of carbonyl (C=O) groups is 4. The van der Waals surface area contributed by atoms with E-state index in [1.807, 2.05) is 60.7 Å². The average molecular weight is 525 g/mol. The maximum Gasteiger partial charge on any atom is 0.243 e. The predicted molar refractivity (Wildman–Crippen MR) is 140 cm³/mol. The van der Waals surface area contributed by atoms with E-state index in [0.717, 1.165) is 11.1 Å². The zero-order chi connectivity index (χ0) is 27.3. The van der Waals surface area contributed by atoms with E-state index in [2.05, 4.69) is 10.6 Å². The molecule has 0 aromatic heterocycles. The molecule has 2 aromatic rings. The molecular formula is C28H36N4O6. The molecule has 10 nitrogen and oxygen atoms in total. The monoisotopic (exact) mass is 524 g/mol. The summed E-state index contributed by atoms with van der Waals surface area (Å²) in [5, 5.41) is 8.11. The normalized spacial score (nSPS) is 16.9. The fourth-order valence-electron chi connectivity index (χ4n) is 4.04. The van der Waals surface area contributed by atoms with Crippen molar-refractivity contribution in [2.75, 3.05) is 13.1 Å².